The van der Waals surface area contributed by atoms with Gasteiger partial charge in [-0.1, -0.05) is 48.5 Å². The third-order valence-electron chi connectivity index (χ3n) is 3.29. The lowest BCUT2D eigenvalue weighted by Gasteiger charge is -2.10. The molecule has 0 heterocycles. The Kier molecular flexibility index (Phi) is 3.33. The van der Waals surface area contributed by atoms with Gasteiger partial charge in [0.25, 0.3) is 0 Å². The smallest absolute Gasteiger partial charge is 0.163 e. The molecule has 20 heavy (non-hydrogen) atoms. The van der Waals surface area contributed by atoms with E-state index in [1.54, 1.807) is 6.07 Å². The van der Waals surface area contributed by atoms with Crippen molar-refractivity contribution < 1.29 is 8.78 Å². The molecule has 0 aliphatic heterocycles. The highest BCUT2D eigenvalue weighted by Gasteiger charge is 2.07. The number of hydrogen-bond donors (Lipinski definition) is 1. The number of fused-ring (bicyclic) bond motifs is 1. The standard InChI is InChI=1S/C17H13F2N/c18-15-9-3-7-13(17(15)19)11-20-16-10-4-6-12-5-1-2-8-14(12)16/h1-10,20H,11H2. The van der Waals surface area contributed by atoms with Gasteiger partial charge in [0.15, 0.2) is 11.6 Å². The van der Waals surface area contributed by atoms with E-state index in [-0.39, 0.29) is 6.54 Å². The maximum Gasteiger partial charge on any atom is 0.163 e. The fourth-order valence-corrected chi connectivity index (χ4v) is 2.25. The monoisotopic (exact) mass is 269 g/mol. The Bertz CT molecular complexity index is 748. The largest absolute Gasteiger partial charge is 0.380 e. The van der Waals surface area contributed by atoms with Gasteiger partial charge in [-0.25, -0.2) is 8.78 Å². The van der Waals surface area contributed by atoms with Crippen LogP contribution in [0, 0.1) is 11.6 Å². The molecule has 0 radical (unpaired) electrons. The maximum atomic E-state index is 13.6. The van der Waals surface area contributed by atoms with Crippen LogP contribution in [-0.2, 0) is 6.54 Å². The number of anilines is 1. The van der Waals surface area contributed by atoms with Crippen molar-refractivity contribution in [1.29, 1.82) is 0 Å². The van der Waals surface area contributed by atoms with E-state index in [1.165, 1.54) is 6.07 Å². The lowest BCUT2D eigenvalue weighted by Crippen LogP contribution is -2.03. The fraction of sp³-hybridized carbons (Fsp3) is 0.0588. The van der Waals surface area contributed by atoms with E-state index in [4.69, 9.17) is 0 Å². The molecule has 0 saturated carbocycles. The number of rotatable bonds is 3. The molecule has 100 valence electrons. The van der Waals surface area contributed by atoms with E-state index in [1.807, 2.05) is 42.5 Å². The molecule has 0 aliphatic rings. The normalized spacial score (nSPS) is 10.7. The molecule has 0 fully saturated rings. The second-order valence-corrected chi connectivity index (χ2v) is 4.59. The summed E-state index contributed by atoms with van der Waals surface area (Å²) in [5, 5.41) is 5.34. The average Bonchev–Trinajstić information content (AvgIpc) is 2.49. The van der Waals surface area contributed by atoms with Crippen molar-refractivity contribution in [3.8, 4) is 0 Å². The Morgan fingerprint density at radius 1 is 0.800 bits per heavy atom. The van der Waals surface area contributed by atoms with Crippen molar-refractivity contribution in [1.82, 2.24) is 0 Å². The molecular weight excluding hydrogens is 256 g/mol. The maximum absolute atomic E-state index is 13.6. The molecule has 0 aromatic heterocycles. The first-order chi connectivity index (χ1) is 9.75. The zero-order valence-corrected chi connectivity index (χ0v) is 10.7. The quantitative estimate of drug-likeness (QED) is 0.724. The first-order valence-corrected chi connectivity index (χ1v) is 6.40. The minimum Gasteiger partial charge on any atom is -0.380 e. The highest BCUT2D eigenvalue weighted by molar-refractivity contribution is 5.93. The molecule has 3 aromatic rings. The van der Waals surface area contributed by atoms with Gasteiger partial charge in [-0.05, 0) is 17.5 Å². The van der Waals surface area contributed by atoms with Gasteiger partial charge in [0.1, 0.15) is 0 Å². The van der Waals surface area contributed by atoms with Crippen LogP contribution < -0.4 is 5.32 Å². The van der Waals surface area contributed by atoms with Gasteiger partial charge in [-0.15, -0.1) is 0 Å². The van der Waals surface area contributed by atoms with Crippen LogP contribution in [0.25, 0.3) is 10.8 Å². The van der Waals surface area contributed by atoms with Crippen molar-refractivity contribution in [3.63, 3.8) is 0 Å². The van der Waals surface area contributed by atoms with Crippen LogP contribution in [0.5, 0.6) is 0 Å². The Morgan fingerprint density at radius 2 is 1.55 bits per heavy atom. The van der Waals surface area contributed by atoms with Crippen LogP contribution in [0.4, 0.5) is 14.5 Å². The van der Waals surface area contributed by atoms with Crippen molar-refractivity contribution in [2.75, 3.05) is 5.32 Å². The van der Waals surface area contributed by atoms with Crippen LogP contribution >= 0.6 is 0 Å². The second kappa shape index (κ2) is 5.29. The zero-order valence-electron chi connectivity index (χ0n) is 10.7. The lowest BCUT2D eigenvalue weighted by molar-refractivity contribution is 0.500. The number of halogens is 2. The zero-order chi connectivity index (χ0) is 13.9. The molecule has 0 saturated heterocycles. The van der Waals surface area contributed by atoms with Gasteiger partial charge in [-0.3, -0.25) is 0 Å². The summed E-state index contributed by atoms with van der Waals surface area (Å²) in [6.45, 7) is 0.248. The van der Waals surface area contributed by atoms with E-state index < -0.39 is 11.6 Å². The van der Waals surface area contributed by atoms with Crippen LogP contribution in [0.15, 0.2) is 60.7 Å². The van der Waals surface area contributed by atoms with E-state index in [9.17, 15) is 8.78 Å². The molecule has 3 aromatic carbocycles. The third-order valence-corrected chi connectivity index (χ3v) is 3.29. The van der Waals surface area contributed by atoms with E-state index in [2.05, 4.69) is 5.32 Å². The number of benzene rings is 3. The Labute approximate surface area is 115 Å². The molecule has 0 aliphatic carbocycles. The highest BCUT2D eigenvalue weighted by atomic mass is 19.2. The summed E-state index contributed by atoms with van der Waals surface area (Å²) < 4.78 is 26.8. The van der Waals surface area contributed by atoms with E-state index >= 15 is 0 Å². The third kappa shape index (κ3) is 2.35. The molecule has 1 N–H and O–H groups in total. The first-order valence-electron chi connectivity index (χ1n) is 6.40. The molecule has 3 rings (SSSR count). The average molecular weight is 269 g/mol. The molecule has 1 nitrogen and oxygen atoms in total. The van der Waals surface area contributed by atoms with Gasteiger partial charge in [-0.2, -0.15) is 0 Å². The summed E-state index contributed by atoms with van der Waals surface area (Å²) in [6, 6.07) is 18.0. The molecule has 0 bridgehead atoms. The van der Waals surface area contributed by atoms with Gasteiger partial charge in [0.05, 0.1) is 0 Å². The van der Waals surface area contributed by atoms with Crippen LogP contribution in [0.1, 0.15) is 5.56 Å². The molecule has 0 spiro atoms. The number of nitrogens with one attached hydrogen (secondary N) is 1. The highest BCUT2D eigenvalue weighted by Crippen LogP contribution is 2.24. The Hall–Kier alpha value is -2.42. The van der Waals surface area contributed by atoms with Crippen LogP contribution in [0.3, 0.4) is 0 Å². The molecule has 0 amide bonds. The molecular formula is C17H13F2N. The van der Waals surface area contributed by atoms with Crippen LogP contribution in [0.2, 0.25) is 0 Å². The van der Waals surface area contributed by atoms with Crippen molar-refractivity contribution >= 4 is 16.5 Å². The van der Waals surface area contributed by atoms with Gasteiger partial charge >= 0.3 is 0 Å². The summed E-state index contributed by atoms with van der Waals surface area (Å²) in [6.07, 6.45) is 0. The van der Waals surface area contributed by atoms with Gasteiger partial charge < -0.3 is 5.32 Å². The van der Waals surface area contributed by atoms with Crippen LogP contribution in [-0.4, -0.2) is 0 Å². The van der Waals surface area contributed by atoms with E-state index in [0.29, 0.717) is 5.56 Å². The molecule has 0 atom stereocenters. The summed E-state index contributed by atoms with van der Waals surface area (Å²) in [5.74, 6) is -1.61. The molecule has 0 unspecified atom stereocenters. The minimum atomic E-state index is -0.817. The van der Waals surface area contributed by atoms with Crippen molar-refractivity contribution in [2.45, 2.75) is 6.54 Å². The van der Waals surface area contributed by atoms with Gasteiger partial charge in [0, 0.05) is 23.2 Å². The Morgan fingerprint density at radius 3 is 2.45 bits per heavy atom. The van der Waals surface area contributed by atoms with E-state index in [0.717, 1.165) is 22.5 Å². The molecule has 3 heteroatoms. The summed E-state index contributed by atoms with van der Waals surface area (Å²) in [5.41, 5.74) is 1.23. The summed E-state index contributed by atoms with van der Waals surface area (Å²) in [4.78, 5) is 0. The van der Waals surface area contributed by atoms with Crippen molar-refractivity contribution in [2.24, 2.45) is 0 Å². The summed E-state index contributed by atoms with van der Waals surface area (Å²) >= 11 is 0. The minimum absolute atomic E-state index is 0.248. The number of hydrogen-bond acceptors (Lipinski definition) is 1. The predicted molar refractivity (Wildman–Crippen MR) is 77.6 cm³/mol. The fourth-order valence-electron chi connectivity index (χ4n) is 2.25. The van der Waals surface area contributed by atoms with Crippen molar-refractivity contribution in [3.05, 3.63) is 77.9 Å². The SMILES string of the molecule is Fc1cccc(CNc2cccc3ccccc23)c1F. The second-order valence-electron chi connectivity index (χ2n) is 4.59. The predicted octanol–water partition coefficient (Wildman–Crippen LogP) is 4.73. The van der Waals surface area contributed by atoms with Gasteiger partial charge in [0.2, 0.25) is 0 Å². The summed E-state index contributed by atoms with van der Waals surface area (Å²) in [7, 11) is 0. The first kappa shape index (κ1) is 12.6. The topological polar surface area (TPSA) is 12.0 Å². The lowest BCUT2D eigenvalue weighted by atomic mass is 10.1. The Balaban J connectivity index is 1.89.